The van der Waals surface area contributed by atoms with E-state index in [-0.39, 0.29) is 11.8 Å². The molecule has 2 N–H and O–H groups in total. The molecular weight excluding hydrogens is 340 g/mol. The number of ether oxygens (including phenoxy) is 1. The Morgan fingerprint density at radius 1 is 0.963 bits per heavy atom. The molecule has 0 saturated heterocycles. The molecule has 144 valence electrons. The van der Waals surface area contributed by atoms with Crippen LogP contribution >= 0.6 is 0 Å². The van der Waals surface area contributed by atoms with E-state index in [1.165, 1.54) is 0 Å². The third-order valence-electron chi connectivity index (χ3n) is 3.98. The van der Waals surface area contributed by atoms with Gasteiger partial charge in [0.05, 0.1) is 6.61 Å². The van der Waals surface area contributed by atoms with Gasteiger partial charge in [-0.25, -0.2) is 0 Å². The Balaban J connectivity index is 1.94. The second-order valence-corrected chi connectivity index (χ2v) is 7.37. The van der Waals surface area contributed by atoms with E-state index in [0.29, 0.717) is 30.8 Å². The molecule has 0 aliphatic carbocycles. The van der Waals surface area contributed by atoms with Gasteiger partial charge in [0.15, 0.2) is 0 Å². The SMILES string of the molecule is CCOc1ccccc1CCC(=O)Nc1cccc(NC(=O)C(C)(C)C)c1. The second kappa shape index (κ2) is 9.21. The molecule has 27 heavy (non-hydrogen) atoms. The number of carbonyl (C=O) groups is 2. The van der Waals surface area contributed by atoms with Gasteiger partial charge in [-0.05, 0) is 43.2 Å². The zero-order valence-electron chi connectivity index (χ0n) is 16.5. The van der Waals surface area contributed by atoms with E-state index in [0.717, 1.165) is 11.3 Å². The molecule has 2 aromatic rings. The number of rotatable bonds is 7. The van der Waals surface area contributed by atoms with E-state index in [9.17, 15) is 9.59 Å². The van der Waals surface area contributed by atoms with Crippen LogP contribution in [0, 0.1) is 5.41 Å². The van der Waals surface area contributed by atoms with Crippen LogP contribution in [-0.4, -0.2) is 18.4 Å². The Morgan fingerprint density at radius 3 is 2.30 bits per heavy atom. The van der Waals surface area contributed by atoms with E-state index >= 15 is 0 Å². The average Bonchev–Trinajstić information content (AvgIpc) is 2.61. The molecule has 0 aliphatic heterocycles. The van der Waals surface area contributed by atoms with E-state index in [4.69, 9.17) is 4.74 Å². The fraction of sp³-hybridized carbons (Fsp3) is 0.364. The average molecular weight is 368 g/mol. The summed E-state index contributed by atoms with van der Waals surface area (Å²) in [4.78, 5) is 24.4. The number of hydrogen-bond donors (Lipinski definition) is 2. The molecule has 0 unspecified atom stereocenters. The van der Waals surface area contributed by atoms with Crippen molar-refractivity contribution >= 4 is 23.2 Å². The van der Waals surface area contributed by atoms with E-state index in [1.807, 2.05) is 52.0 Å². The predicted octanol–water partition coefficient (Wildman–Crippen LogP) is 4.64. The lowest BCUT2D eigenvalue weighted by Crippen LogP contribution is -2.27. The molecule has 0 bridgehead atoms. The minimum Gasteiger partial charge on any atom is -0.494 e. The number of amides is 2. The number of nitrogens with one attached hydrogen (secondary N) is 2. The summed E-state index contributed by atoms with van der Waals surface area (Å²) in [6, 6.07) is 14.9. The van der Waals surface area contributed by atoms with Gasteiger partial charge in [-0.15, -0.1) is 0 Å². The Labute approximate surface area is 161 Å². The monoisotopic (exact) mass is 368 g/mol. The Hall–Kier alpha value is -2.82. The zero-order valence-corrected chi connectivity index (χ0v) is 16.5. The summed E-state index contributed by atoms with van der Waals surface area (Å²) >= 11 is 0. The summed E-state index contributed by atoms with van der Waals surface area (Å²) in [5.74, 6) is 0.666. The molecule has 0 radical (unpaired) electrons. The Kier molecular flexibility index (Phi) is 6.99. The number of hydrogen-bond acceptors (Lipinski definition) is 3. The minimum absolute atomic E-state index is 0.0708. The van der Waals surface area contributed by atoms with E-state index in [2.05, 4.69) is 10.6 Å². The van der Waals surface area contributed by atoms with Gasteiger partial charge in [0, 0.05) is 23.2 Å². The van der Waals surface area contributed by atoms with Crippen LogP contribution in [0.4, 0.5) is 11.4 Å². The third kappa shape index (κ3) is 6.44. The van der Waals surface area contributed by atoms with E-state index in [1.54, 1.807) is 24.3 Å². The van der Waals surface area contributed by atoms with Crippen LogP contribution < -0.4 is 15.4 Å². The molecule has 0 atom stereocenters. The standard InChI is InChI=1S/C22H28N2O3/c1-5-27-19-12-7-6-9-16(19)13-14-20(25)23-17-10-8-11-18(15-17)24-21(26)22(2,3)4/h6-12,15H,5,13-14H2,1-4H3,(H,23,25)(H,24,26). The van der Waals surface area contributed by atoms with Crippen molar-refractivity contribution in [3.05, 3.63) is 54.1 Å². The van der Waals surface area contributed by atoms with Crippen molar-refractivity contribution in [1.82, 2.24) is 0 Å². The smallest absolute Gasteiger partial charge is 0.229 e. The number of aryl methyl sites for hydroxylation is 1. The number of anilines is 2. The van der Waals surface area contributed by atoms with Crippen LogP contribution in [0.3, 0.4) is 0 Å². The maximum absolute atomic E-state index is 12.3. The predicted molar refractivity (Wildman–Crippen MR) is 109 cm³/mol. The van der Waals surface area contributed by atoms with Gasteiger partial charge in [-0.2, -0.15) is 0 Å². The first-order chi connectivity index (χ1) is 12.8. The Bertz CT molecular complexity index is 794. The normalized spacial score (nSPS) is 11.0. The second-order valence-electron chi connectivity index (χ2n) is 7.37. The van der Waals surface area contributed by atoms with Gasteiger partial charge in [-0.3, -0.25) is 9.59 Å². The molecule has 5 heteroatoms. The minimum atomic E-state index is -0.479. The van der Waals surface area contributed by atoms with Gasteiger partial charge in [0.25, 0.3) is 0 Å². The summed E-state index contributed by atoms with van der Waals surface area (Å²) in [6.45, 7) is 8.10. The van der Waals surface area contributed by atoms with Crippen LogP contribution in [0.5, 0.6) is 5.75 Å². The molecular formula is C22H28N2O3. The molecule has 0 aliphatic rings. The Morgan fingerprint density at radius 2 is 1.63 bits per heavy atom. The van der Waals surface area contributed by atoms with Gasteiger partial charge in [0.1, 0.15) is 5.75 Å². The number of benzene rings is 2. The van der Waals surface area contributed by atoms with Gasteiger partial charge in [0.2, 0.25) is 11.8 Å². The maximum Gasteiger partial charge on any atom is 0.229 e. The van der Waals surface area contributed by atoms with Gasteiger partial charge < -0.3 is 15.4 Å². The lowest BCUT2D eigenvalue weighted by atomic mass is 9.95. The number of para-hydroxylation sites is 1. The van der Waals surface area contributed by atoms with Gasteiger partial charge in [-0.1, -0.05) is 45.0 Å². The van der Waals surface area contributed by atoms with Crippen LogP contribution in [0.1, 0.15) is 39.7 Å². The lowest BCUT2D eigenvalue weighted by Gasteiger charge is -2.18. The topological polar surface area (TPSA) is 67.4 Å². The fourth-order valence-electron chi connectivity index (χ4n) is 2.47. The van der Waals surface area contributed by atoms with Crippen molar-refractivity contribution in [2.45, 2.75) is 40.5 Å². The highest BCUT2D eigenvalue weighted by Crippen LogP contribution is 2.22. The quantitative estimate of drug-likeness (QED) is 0.748. The summed E-state index contributed by atoms with van der Waals surface area (Å²) < 4.78 is 5.60. The first-order valence-electron chi connectivity index (χ1n) is 9.21. The van der Waals surface area contributed by atoms with Crippen LogP contribution in [-0.2, 0) is 16.0 Å². The molecule has 2 amide bonds. The summed E-state index contributed by atoms with van der Waals surface area (Å²) in [5.41, 5.74) is 1.85. The molecule has 0 aromatic heterocycles. The first-order valence-corrected chi connectivity index (χ1v) is 9.21. The molecule has 0 fully saturated rings. The van der Waals surface area contributed by atoms with Crippen molar-refractivity contribution in [1.29, 1.82) is 0 Å². The zero-order chi connectivity index (χ0) is 19.9. The summed E-state index contributed by atoms with van der Waals surface area (Å²) in [7, 11) is 0. The first kappa shape index (κ1) is 20.5. The molecule has 0 heterocycles. The van der Waals surface area contributed by atoms with E-state index < -0.39 is 5.41 Å². The molecule has 2 rings (SSSR count). The molecule has 0 spiro atoms. The van der Waals surface area contributed by atoms with Gasteiger partial charge >= 0.3 is 0 Å². The summed E-state index contributed by atoms with van der Waals surface area (Å²) in [5, 5.41) is 5.75. The maximum atomic E-state index is 12.3. The van der Waals surface area contributed by atoms with Crippen LogP contribution in [0.15, 0.2) is 48.5 Å². The highest BCUT2D eigenvalue weighted by atomic mass is 16.5. The van der Waals surface area contributed by atoms with Crippen molar-refractivity contribution in [2.75, 3.05) is 17.2 Å². The van der Waals surface area contributed by atoms with Crippen molar-refractivity contribution in [3.63, 3.8) is 0 Å². The van der Waals surface area contributed by atoms with Crippen LogP contribution in [0.25, 0.3) is 0 Å². The summed E-state index contributed by atoms with van der Waals surface area (Å²) in [6.07, 6.45) is 0.950. The van der Waals surface area contributed by atoms with Crippen molar-refractivity contribution in [3.8, 4) is 5.75 Å². The third-order valence-corrected chi connectivity index (χ3v) is 3.98. The molecule has 2 aromatic carbocycles. The highest BCUT2D eigenvalue weighted by molar-refractivity contribution is 5.96. The van der Waals surface area contributed by atoms with Crippen molar-refractivity contribution < 1.29 is 14.3 Å². The fourth-order valence-corrected chi connectivity index (χ4v) is 2.47. The number of carbonyl (C=O) groups excluding carboxylic acids is 2. The largest absolute Gasteiger partial charge is 0.494 e. The lowest BCUT2D eigenvalue weighted by molar-refractivity contribution is -0.123. The van der Waals surface area contributed by atoms with Crippen molar-refractivity contribution in [2.24, 2.45) is 5.41 Å². The molecule has 0 saturated carbocycles. The highest BCUT2D eigenvalue weighted by Gasteiger charge is 2.21. The van der Waals surface area contributed by atoms with Crippen LogP contribution in [0.2, 0.25) is 0 Å². The molecule has 5 nitrogen and oxygen atoms in total.